The van der Waals surface area contributed by atoms with Gasteiger partial charge in [0, 0.05) is 24.4 Å². The molecular weight excluding hydrogens is 315 g/mol. The summed E-state index contributed by atoms with van der Waals surface area (Å²) in [5, 5.41) is 11.0. The van der Waals surface area contributed by atoms with Gasteiger partial charge in [-0.1, -0.05) is 18.2 Å². The molecule has 0 saturated carbocycles. The van der Waals surface area contributed by atoms with E-state index in [0.717, 1.165) is 42.3 Å². The average molecular weight is 330 g/mol. The van der Waals surface area contributed by atoms with Gasteiger partial charge in [-0.05, 0) is 30.5 Å². The SMILES string of the molecule is O=C(COc1cc(F)ccc1[N+](=O)[O-])N1CCCc2ccccc21. The summed E-state index contributed by atoms with van der Waals surface area (Å²) in [6, 6.07) is 10.5. The maximum Gasteiger partial charge on any atom is 0.311 e. The molecule has 1 aliphatic rings. The van der Waals surface area contributed by atoms with Crippen LogP contribution in [0.25, 0.3) is 0 Å². The second-order valence-corrected chi connectivity index (χ2v) is 5.44. The van der Waals surface area contributed by atoms with E-state index in [1.54, 1.807) is 4.90 Å². The highest BCUT2D eigenvalue weighted by molar-refractivity contribution is 5.95. The zero-order chi connectivity index (χ0) is 17.1. The summed E-state index contributed by atoms with van der Waals surface area (Å²) < 4.78 is 18.5. The largest absolute Gasteiger partial charge is 0.477 e. The first-order valence-electron chi connectivity index (χ1n) is 7.51. The van der Waals surface area contributed by atoms with Gasteiger partial charge in [0.1, 0.15) is 5.82 Å². The molecule has 3 rings (SSSR count). The molecule has 0 atom stereocenters. The van der Waals surface area contributed by atoms with Crippen LogP contribution in [0.3, 0.4) is 0 Å². The number of fused-ring (bicyclic) bond motifs is 1. The Morgan fingerprint density at radius 2 is 2.08 bits per heavy atom. The zero-order valence-corrected chi connectivity index (χ0v) is 12.8. The number of benzene rings is 2. The number of anilines is 1. The lowest BCUT2D eigenvalue weighted by molar-refractivity contribution is -0.385. The van der Waals surface area contributed by atoms with Gasteiger partial charge in [0.2, 0.25) is 5.75 Å². The van der Waals surface area contributed by atoms with E-state index in [4.69, 9.17) is 4.74 Å². The first-order valence-corrected chi connectivity index (χ1v) is 7.51. The number of amides is 1. The maximum atomic E-state index is 13.3. The summed E-state index contributed by atoms with van der Waals surface area (Å²) in [4.78, 5) is 24.3. The lowest BCUT2D eigenvalue weighted by Gasteiger charge is -2.29. The number of nitrogens with zero attached hydrogens (tertiary/aromatic N) is 2. The highest BCUT2D eigenvalue weighted by Gasteiger charge is 2.24. The molecule has 1 aliphatic heterocycles. The highest BCUT2D eigenvalue weighted by atomic mass is 19.1. The van der Waals surface area contributed by atoms with Gasteiger partial charge in [-0.25, -0.2) is 4.39 Å². The summed E-state index contributed by atoms with van der Waals surface area (Å²) in [6.45, 7) is 0.170. The number of rotatable bonds is 4. The van der Waals surface area contributed by atoms with Crippen LogP contribution >= 0.6 is 0 Å². The number of para-hydroxylation sites is 1. The van der Waals surface area contributed by atoms with E-state index in [9.17, 15) is 19.3 Å². The Hall–Kier alpha value is -2.96. The minimum atomic E-state index is -0.671. The van der Waals surface area contributed by atoms with E-state index in [-0.39, 0.29) is 17.3 Å². The summed E-state index contributed by atoms with van der Waals surface area (Å²) >= 11 is 0. The van der Waals surface area contributed by atoms with Crippen LogP contribution < -0.4 is 9.64 Å². The summed E-state index contributed by atoms with van der Waals surface area (Å²) in [6.07, 6.45) is 1.74. The van der Waals surface area contributed by atoms with Gasteiger partial charge in [-0.2, -0.15) is 0 Å². The number of aryl methyl sites for hydroxylation is 1. The minimum absolute atomic E-state index is 0.251. The molecule has 2 aromatic rings. The molecule has 0 N–H and O–H groups in total. The molecule has 6 nitrogen and oxygen atoms in total. The number of nitro groups is 1. The summed E-state index contributed by atoms with van der Waals surface area (Å²) in [5.74, 6) is -1.23. The van der Waals surface area contributed by atoms with E-state index in [0.29, 0.717) is 6.54 Å². The van der Waals surface area contributed by atoms with Gasteiger partial charge >= 0.3 is 5.69 Å². The maximum absolute atomic E-state index is 13.3. The van der Waals surface area contributed by atoms with Crippen molar-refractivity contribution in [1.29, 1.82) is 0 Å². The zero-order valence-electron chi connectivity index (χ0n) is 12.8. The fourth-order valence-electron chi connectivity index (χ4n) is 2.76. The predicted molar refractivity (Wildman–Crippen MR) is 85.7 cm³/mol. The Kier molecular flexibility index (Phi) is 4.41. The number of nitro benzene ring substituents is 1. The molecule has 1 heterocycles. The Bertz CT molecular complexity index is 794. The van der Waals surface area contributed by atoms with E-state index in [1.807, 2.05) is 24.3 Å². The van der Waals surface area contributed by atoms with Crippen LogP contribution in [0.5, 0.6) is 5.75 Å². The second-order valence-electron chi connectivity index (χ2n) is 5.44. The third-order valence-electron chi connectivity index (χ3n) is 3.88. The van der Waals surface area contributed by atoms with Crippen LogP contribution in [0.2, 0.25) is 0 Å². The monoisotopic (exact) mass is 330 g/mol. The third-order valence-corrected chi connectivity index (χ3v) is 3.88. The molecular formula is C17H15FN2O4. The topological polar surface area (TPSA) is 72.7 Å². The van der Waals surface area contributed by atoms with Gasteiger partial charge in [-0.3, -0.25) is 14.9 Å². The van der Waals surface area contributed by atoms with Crippen LogP contribution in [-0.4, -0.2) is 24.0 Å². The van der Waals surface area contributed by atoms with Gasteiger partial charge in [0.15, 0.2) is 6.61 Å². The molecule has 0 radical (unpaired) electrons. The number of halogens is 1. The fraction of sp³-hybridized carbons (Fsp3) is 0.235. The van der Waals surface area contributed by atoms with Gasteiger partial charge < -0.3 is 9.64 Å². The molecule has 0 bridgehead atoms. The van der Waals surface area contributed by atoms with Crippen molar-refractivity contribution in [2.75, 3.05) is 18.1 Å². The quantitative estimate of drug-likeness (QED) is 0.638. The normalized spacial score (nSPS) is 13.3. The van der Waals surface area contributed by atoms with Crippen molar-refractivity contribution in [2.45, 2.75) is 12.8 Å². The Labute approximate surface area is 137 Å². The highest BCUT2D eigenvalue weighted by Crippen LogP contribution is 2.29. The van der Waals surface area contributed by atoms with Crippen molar-refractivity contribution in [3.8, 4) is 5.75 Å². The van der Waals surface area contributed by atoms with Crippen molar-refractivity contribution in [3.63, 3.8) is 0 Å². The molecule has 1 amide bonds. The molecule has 0 spiro atoms. The number of hydrogen-bond donors (Lipinski definition) is 0. The predicted octanol–water partition coefficient (Wildman–Crippen LogP) is 3.09. The van der Waals surface area contributed by atoms with Crippen LogP contribution in [0, 0.1) is 15.9 Å². The number of ether oxygens (including phenoxy) is 1. The standard InChI is InChI=1S/C17H15FN2O4/c18-13-7-8-15(20(22)23)16(10-13)24-11-17(21)19-9-3-5-12-4-1-2-6-14(12)19/h1-2,4,6-8,10H,3,5,9,11H2. The number of hydrogen-bond acceptors (Lipinski definition) is 4. The number of carbonyl (C=O) groups is 1. The molecule has 124 valence electrons. The van der Waals surface area contributed by atoms with Gasteiger partial charge in [-0.15, -0.1) is 0 Å². The number of carbonyl (C=O) groups excluding carboxylic acids is 1. The van der Waals surface area contributed by atoms with Crippen molar-refractivity contribution < 1.29 is 18.8 Å². The molecule has 7 heteroatoms. The van der Waals surface area contributed by atoms with E-state index in [2.05, 4.69) is 0 Å². The second kappa shape index (κ2) is 6.66. The fourth-order valence-corrected chi connectivity index (χ4v) is 2.76. The summed E-state index contributed by atoms with van der Waals surface area (Å²) in [5.41, 5.74) is 1.53. The van der Waals surface area contributed by atoms with E-state index < -0.39 is 17.3 Å². The molecule has 0 unspecified atom stereocenters. The molecule has 2 aromatic carbocycles. The van der Waals surface area contributed by atoms with Crippen molar-refractivity contribution in [1.82, 2.24) is 0 Å². The Balaban J connectivity index is 1.76. The first-order chi connectivity index (χ1) is 11.6. The van der Waals surface area contributed by atoms with E-state index in [1.165, 1.54) is 0 Å². The lowest BCUT2D eigenvalue weighted by atomic mass is 10.0. The molecule has 24 heavy (non-hydrogen) atoms. The smallest absolute Gasteiger partial charge is 0.311 e. The Morgan fingerprint density at radius 3 is 2.88 bits per heavy atom. The minimum Gasteiger partial charge on any atom is -0.477 e. The molecule has 0 aliphatic carbocycles. The first kappa shape index (κ1) is 15.9. The van der Waals surface area contributed by atoms with Crippen LogP contribution in [0.4, 0.5) is 15.8 Å². The average Bonchev–Trinajstić information content (AvgIpc) is 2.59. The van der Waals surface area contributed by atoms with Crippen LogP contribution in [0.15, 0.2) is 42.5 Å². The Morgan fingerprint density at radius 1 is 1.29 bits per heavy atom. The van der Waals surface area contributed by atoms with Crippen molar-refractivity contribution >= 4 is 17.3 Å². The van der Waals surface area contributed by atoms with E-state index >= 15 is 0 Å². The molecule has 0 saturated heterocycles. The van der Waals surface area contributed by atoms with Gasteiger partial charge in [0.25, 0.3) is 5.91 Å². The van der Waals surface area contributed by atoms with Crippen LogP contribution in [0.1, 0.15) is 12.0 Å². The van der Waals surface area contributed by atoms with Crippen molar-refractivity contribution in [3.05, 3.63) is 64.0 Å². The third kappa shape index (κ3) is 3.19. The van der Waals surface area contributed by atoms with Crippen molar-refractivity contribution in [2.24, 2.45) is 0 Å². The van der Waals surface area contributed by atoms with Crippen LogP contribution in [-0.2, 0) is 11.2 Å². The molecule has 0 aromatic heterocycles. The lowest BCUT2D eigenvalue weighted by Crippen LogP contribution is -2.38. The summed E-state index contributed by atoms with van der Waals surface area (Å²) in [7, 11) is 0. The molecule has 0 fully saturated rings. The van der Waals surface area contributed by atoms with Gasteiger partial charge in [0.05, 0.1) is 4.92 Å².